The summed E-state index contributed by atoms with van der Waals surface area (Å²) in [4.78, 5) is 28.9. The van der Waals surface area contributed by atoms with Crippen LogP contribution in [0, 0.1) is 47.1 Å². The van der Waals surface area contributed by atoms with Crippen molar-refractivity contribution in [1.29, 1.82) is 15.8 Å². The largest absolute Gasteiger partial charge is 0.308 e. The van der Waals surface area contributed by atoms with Gasteiger partial charge in [-0.05, 0) is 107 Å². The van der Waals surface area contributed by atoms with E-state index in [0.717, 1.165) is 55.2 Å². The summed E-state index contributed by atoms with van der Waals surface area (Å²) in [6, 6.07) is 76.6. The minimum absolute atomic E-state index is 0.329. The molecule has 12 rings (SSSR count). The molecule has 0 spiro atoms. The van der Waals surface area contributed by atoms with E-state index in [1.165, 1.54) is 0 Å². The lowest BCUT2D eigenvalue weighted by molar-refractivity contribution is 1.12. The number of hydrogen-bond acceptors (Lipinski definition) is 7. The molecule has 0 saturated heterocycles. The lowest BCUT2D eigenvalue weighted by Crippen LogP contribution is -2.06. The highest BCUT2D eigenvalue weighted by atomic mass is 15.0. The third-order valence-corrected chi connectivity index (χ3v) is 13.5. The van der Waals surface area contributed by atoms with E-state index in [4.69, 9.17) is 33.1 Å². The lowest BCUT2D eigenvalue weighted by atomic mass is 9.98. The Labute approximate surface area is 443 Å². The van der Waals surface area contributed by atoms with Gasteiger partial charge in [-0.2, -0.15) is 15.8 Å². The normalized spacial score (nSPS) is 10.8. The molecule has 0 saturated carbocycles. The van der Waals surface area contributed by atoms with Crippen molar-refractivity contribution in [2.75, 3.05) is 0 Å². The molecule has 0 fully saturated rings. The molecule has 77 heavy (non-hydrogen) atoms. The number of nitriles is 3. The number of benzene rings is 9. The Morgan fingerprint density at radius 3 is 1.00 bits per heavy atom. The number of hydrogen-bond donors (Lipinski definition) is 0. The molecule has 0 radical (unpaired) electrons. The number of nitrogens with zero attached hydrogens (tertiary/aromatic N) is 10. The molecule has 354 valence electrons. The first-order chi connectivity index (χ1) is 37.9. The minimum Gasteiger partial charge on any atom is -0.308 e. The van der Waals surface area contributed by atoms with Crippen molar-refractivity contribution in [2.24, 2.45) is 0 Å². The molecule has 0 amide bonds. The van der Waals surface area contributed by atoms with Gasteiger partial charge >= 0.3 is 0 Å². The Morgan fingerprint density at radius 1 is 0.338 bits per heavy atom. The highest BCUT2D eigenvalue weighted by Gasteiger charge is 2.26. The van der Waals surface area contributed by atoms with E-state index in [-0.39, 0.29) is 0 Å². The zero-order valence-corrected chi connectivity index (χ0v) is 40.8. The molecule has 12 aromatic rings. The minimum atomic E-state index is 0.329. The van der Waals surface area contributed by atoms with E-state index in [1.807, 2.05) is 170 Å². The van der Waals surface area contributed by atoms with Crippen LogP contribution in [0.25, 0.3) is 127 Å². The monoisotopic (exact) mass is 980 g/mol. The maximum atomic E-state index is 11.1. The molecule has 0 bridgehead atoms. The highest BCUT2D eigenvalue weighted by Crippen LogP contribution is 2.45. The molecule has 0 aliphatic rings. The first-order valence-electron chi connectivity index (χ1n) is 24.4. The van der Waals surface area contributed by atoms with Crippen molar-refractivity contribution < 1.29 is 0 Å². The van der Waals surface area contributed by atoms with Crippen LogP contribution in [0.15, 0.2) is 218 Å². The second-order valence-corrected chi connectivity index (χ2v) is 18.2. The first kappa shape index (κ1) is 46.5. The second kappa shape index (κ2) is 19.8. The average Bonchev–Trinajstić information content (AvgIpc) is 4.06. The summed E-state index contributed by atoms with van der Waals surface area (Å²) in [6.45, 7) is 15.7. The van der Waals surface area contributed by atoms with Crippen molar-refractivity contribution in [3.05, 3.63) is 258 Å². The van der Waals surface area contributed by atoms with Crippen LogP contribution in [0.5, 0.6) is 0 Å². The van der Waals surface area contributed by atoms with Crippen LogP contribution in [-0.4, -0.2) is 24.5 Å². The van der Waals surface area contributed by atoms with Crippen LogP contribution in [0.3, 0.4) is 0 Å². The predicted molar refractivity (Wildman–Crippen MR) is 302 cm³/mol. The Bertz CT molecular complexity index is 4090. The molecule has 10 heteroatoms. The molecule has 0 unspecified atom stereocenters. The van der Waals surface area contributed by atoms with Gasteiger partial charge in [0.2, 0.25) is 0 Å². The fraction of sp³-hybridized carbons (Fsp3) is 0. The fourth-order valence-corrected chi connectivity index (χ4v) is 9.88. The van der Waals surface area contributed by atoms with E-state index in [9.17, 15) is 15.8 Å². The van der Waals surface area contributed by atoms with Gasteiger partial charge < -0.3 is 4.57 Å². The molecule has 0 atom stereocenters. The summed E-state index contributed by atoms with van der Waals surface area (Å²) in [6.07, 6.45) is 0. The van der Waals surface area contributed by atoms with E-state index >= 15 is 0 Å². The van der Waals surface area contributed by atoms with Crippen molar-refractivity contribution in [3.63, 3.8) is 0 Å². The van der Waals surface area contributed by atoms with E-state index in [1.54, 1.807) is 36.4 Å². The van der Waals surface area contributed by atoms with Gasteiger partial charge in [0.05, 0.1) is 76.4 Å². The average molecular weight is 981 g/mol. The summed E-state index contributed by atoms with van der Waals surface area (Å²) in [5, 5.41) is 32.8. The maximum absolute atomic E-state index is 11.1. The molecule has 0 aliphatic heterocycles. The molecular formula is C67H36N10. The zero-order chi connectivity index (χ0) is 52.4. The maximum Gasteiger partial charge on any atom is 0.189 e. The first-order valence-corrected chi connectivity index (χ1v) is 24.4. The number of rotatable bonds is 9. The third-order valence-electron chi connectivity index (χ3n) is 13.5. The Morgan fingerprint density at radius 2 is 0.675 bits per heavy atom. The van der Waals surface area contributed by atoms with Crippen LogP contribution in [-0.2, 0) is 0 Å². The van der Waals surface area contributed by atoms with Crippen molar-refractivity contribution in [2.45, 2.75) is 0 Å². The fourth-order valence-electron chi connectivity index (χ4n) is 9.88. The van der Waals surface area contributed by atoms with Gasteiger partial charge in [-0.1, -0.05) is 133 Å². The summed E-state index contributed by atoms with van der Waals surface area (Å²) in [5.74, 6) is 0.702. The molecule has 9 aromatic carbocycles. The summed E-state index contributed by atoms with van der Waals surface area (Å²) < 4.78 is 2.15. The molecule has 3 aromatic heterocycles. The number of aromatic nitrogens is 5. The van der Waals surface area contributed by atoms with Crippen LogP contribution < -0.4 is 0 Å². The quantitative estimate of drug-likeness (QED) is 0.131. The van der Waals surface area contributed by atoms with Gasteiger partial charge in [0.1, 0.15) is 0 Å². The van der Waals surface area contributed by atoms with Gasteiger partial charge in [0, 0.05) is 55.3 Å². The van der Waals surface area contributed by atoms with Crippen LogP contribution in [0.2, 0.25) is 0 Å². The molecule has 3 heterocycles. The van der Waals surface area contributed by atoms with Gasteiger partial charge in [0.25, 0.3) is 0 Å². The lowest BCUT2D eigenvalue weighted by Gasteiger charge is -2.20. The Kier molecular flexibility index (Phi) is 11.9. The standard InChI is InChI=1S/C67H36N10/c1-71-53-29-42(39-68)27-51(33-53)49-23-25-63-55(35-49)56-36-50(52-28-43(40-69)30-54(34-52)72-2)24-26-64(56)77(63)65-57(66-73-59(45-15-7-3-8-16-45)37-60(74-66)46-17-9-4-10-18-46)31-44(41-70)32-58(65)67-75-61(47-19-11-5-12-20-47)38-62(76-67)48-21-13-6-14-22-48/h3-38H. The highest BCUT2D eigenvalue weighted by molar-refractivity contribution is 6.13. The molecule has 0 N–H and O–H groups in total. The third kappa shape index (κ3) is 8.84. The summed E-state index contributed by atoms with van der Waals surface area (Å²) in [7, 11) is 0. The van der Waals surface area contributed by atoms with Gasteiger partial charge in [-0.25, -0.2) is 29.6 Å². The Hall–Kier alpha value is -11.6. The van der Waals surface area contributed by atoms with Gasteiger partial charge in [-0.15, -0.1) is 0 Å². The smallest absolute Gasteiger partial charge is 0.189 e. The molecule has 0 aliphatic carbocycles. The molecular weight excluding hydrogens is 945 g/mol. The van der Waals surface area contributed by atoms with E-state index in [2.05, 4.69) is 44.6 Å². The SMILES string of the molecule is [C-]#[N+]c1cc(C#N)cc(-c2ccc3c(c2)c2cc(-c4cc(C#N)cc([N+]#[C-])c4)ccc2n3-c2c(-c3nc(-c4ccccc4)cc(-c4ccccc4)n3)cc(C#N)cc2-c2nc(-c3ccccc3)cc(-c3ccccc3)n2)c1. The topological polar surface area (TPSA) is 137 Å². The second-order valence-electron chi connectivity index (χ2n) is 18.2. The zero-order valence-electron chi connectivity index (χ0n) is 40.8. The Balaban J connectivity index is 1.24. The van der Waals surface area contributed by atoms with Crippen LogP contribution >= 0.6 is 0 Å². The summed E-state index contributed by atoms with van der Waals surface area (Å²) >= 11 is 0. The molecule has 10 nitrogen and oxygen atoms in total. The van der Waals surface area contributed by atoms with Gasteiger partial charge in [-0.3, -0.25) is 0 Å². The van der Waals surface area contributed by atoms with E-state index < -0.39 is 0 Å². The van der Waals surface area contributed by atoms with Crippen molar-refractivity contribution in [1.82, 2.24) is 24.5 Å². The van der Waals surface area contributed by atoms with Crippen molar-refractivity contribution >= 4 is 33.2 Å². The summed E-state index contributed by atoms with van der Waals surface area (Å²) in [5.41, 5.74) is 14.0. The predicted octanol–water partition coefficient (Wildman–Crippen LogP) is 16.4. The van der Waals surface area contributed by atoms with Crippen LogP contribution in [0.1, 0.15) is 16.7 Å². The number of fused-ring (bicyclic) bond motifs is 3. The van der Waals surface area contributed by atoms with Gasteiger partial charge in [0.15, 0.2) is 23.0 Å². The van der Waals surface area contributed by atoms with Crippen molar-refractivity contribution in [3.8, 4) is 114 Å². The van der Waals surface area contributed by atoms with E-state index in [0.29, 0.717) is 90.4 Å². The van der Waals surface area contributed by atoms with Crippen LogP contribution in [0.4, 0.5) is 11.4 Å².